The number of aromatic nitrogens is 1. The molecule has 0 spiro atoms. The lowest BCUT2D eigenvalue weighted by Crippen LogP contribution is -2.29. The molecule has 4 nitrogen and oxygen atoms in total. The van der Waals surface area contributed by atoms with Crippen molar-refractivity contribution < 1.29 is 4.79 Å². The Morgan fingerprint density at radius 3 is 2.95 bits per heavy atom. The summed E-state index contributed by atoms with van der Waals surface area (Å²) >= 11 is 0. The number of hydrogen-bond acceptors (Lipinski definition) is 2. The van der Waals surface area contributed by atoms with Crippen molar-refractivity contribution in [3.05, 3.63) is 30.5 Å². The molecule has 0 radical (unpaired) electrons. The molecule has 1 amide bonds. The van der Waals surface area contributed by atoms with E-state index in [1.807, 2.05) is 30.5 Å². The third-order valence-corrected chi connectivity index (χ3v) is 3.28. The van der Waals surface area contributed by atoms with Gasteiger partial charge in [0, 0.05) is 17.1 Å². The number of benzene rings is 1. The van der Waals surface area contributed by atoms with Gasteiger partial charge in [-0.05, 0) is 43.5 Å². The van der Waals surface area contributed by atoms with E-state index in [1.165, 1.54) is 12.8 Å². The molecule has 0 saturated heterocycles. The molecule has 1 aromatic heterocycles. The van der Waals surface area contributed by atoms with Crippen LogP contribution in [-0.2, 0) is 4.79 Å². The van der Waals surface area contributed by atoms with Crippen LogP contribution in [0.1, 0.15) is 12.8 Å². The molecule has 1 aromatic carbocycles. The van der Waals surface area contributed by atoms with Gasteiger partial charge < -0.3 is 15.6 Å². The number of H-pyrrole nitrogens is 1. The number of halogens is 1. The second kappa shape index (κ2) is 6.08. The van der Waals surface area contributed by atoms with Gasteiger partial charge in [-0.1, -0.05) is 6.07 Å². The molecule has 0 unspecified atom stereocenters. The summed E-state index contributed by atoms with van der Waals surface area (Å²) in [5, 5.41) is 7.18. The van der Waals surface area contributed by atoms with E-state index in [0.717, 1.165) is 29.1 Å². The third-order valence-electron chi connectivity index (χ3n) is 3.28. The maximum absolute atomic E-state index is 11.8. The molecular weight excluding hydrogens is 262 g/mol. The first-order valence-corrected chi connectivity index (χ1v) is 6.39. The first kappa shape index (κ1) is 13.9. The molecule has 0 bridgehead atoms. The Balaban J connectivity index is 0.00000133. The van der Waals surface area contributed by atoms with Crippen molar-refractivity contribution in [1.82, 2.24) is 10.3 Å². The maximum atomic E-state index is 11.8. The molecule has 0 atom stereocenters. The highest BCUT2D eigenvalue weighted by Crippen LogP contribution is 2.27. The number of rotatable bonds is 5. The Bertz CT molecular complexity index is 563. The van der Waals surface area contributed by atoms with Gasteiger partial charge in [-0.25, -0.2) is 0 Å². The average Bonchev–Trinajstić information content (AvgIpc) is 3.05. The number of fused-ring (bicyclic) bond motifs is 1. The summed E-state index contributed by atoms with van der Waals surface area (Å²) in [5.41, 5.74) is 1.91. The molecule has 2 aromatic rings. The van der Waals surface area contributed by atoms with E-state index in [0.29, 0.717) is 6.54 Å². The Morgan fingerprint density at radius 1 is 1.32 bits per heavy atom. The molecule has 1 fully saturated rings. The fourth-order valence-electron chi connectivity index (χ4n) is 2.10. The predicted molar refractivity (Wildman–Crippen MR) is 79.8 cm³/mol. The van der Waals surface area contributed by atoms with Gasteiger partial charge in [0.1, 0.15) is 0 Å². The van der Waals surface area contributed by atoms with E-state index < -0.39 is 0 Å². The number of carbonyl (C=O) groups is 1. The van der Waals surface area contributed by atoms with Gasteiger partial charge in [-0.2, -0.15) is 0 Å². The molecule has 1 saturated carbocycles. The van der Waals surface area contributed by atoms with Crippen molar-refractivity contribution in [2.24, 2.45) is 5.92 Å². The van der Waals surface area contributed by atoms with Gasteiger partial charge in [-0.15, -0.1) is 12.4 Å². The predicted octanol–water partition coefficient (Wildman–Crippen LogP) is 2.53. The Morgan fingerprint density at radius 2 is 2.16 bits per heavy atom. The second-order valence-electron chi connectivity index (χ2n) is 4.87. The van der Waals surface area contributed by atoms with Crippen LogP contribution in [0.15, 0.2) is 30.5 Å². The van der Waals surface area contributed by atoms with E-state index in [4.69, 9.17) is 0 Å². The summed E-state index contributed by atoms with van der Waals surface area (Å²) in [6.45, 7) is 1.35. The number of nitrogens with one attached hydrogen (secondary N) is 3. The summed E-state index contributed by atoms with van der Waals surface area (Å²) in [5.74, 6) is 0.815. The van der Waals surface area contributed by atoms with E-state index >= 15 is 0 Å². The molecule has 1 aliphatic rings. The Labute approximate surface area is 118 Å². The van der Waals surface area contributed by atoms with Crippen molar-refractivity contribution in [3.63, 3.8) is 0 Å². The fraction of sp³-hybridized carbons (Fsp3) is 0.357. The lowest BCUT2D eigenvalue weighted by Gasteiger charge is -2.07. The van der Waals surface area contributed by atoms with Crippen LogP contribution in [0.4, 0.5) is 5.69 Å². The Hall–Kier alpha value is -1.52. The molecule has 1 heterocycles. The van der Waals surface area contributed by atoms with Crippen LogP contribution < -0.4 is 10.6 Å². The molecular formula is C14H18ClN3O. The van der Waals surface area contributed by atoms with Crippen LogP contribution in [-0.4, -0.2) is 24.0 Å². The summed E-state index contributed by atoms with van der Waals surface area (Å²) < 4.78 is 0. The normalized spacial score (nSPS) is 14.1. The van der Waals surface area contributed by atoms with Gasteiger partial charge in [0.05, 0.1) is 12.2 Å². The summed E-state index contributed by atoms with van der Waals surface area (Å²) in [4.78, 5) is 14.9. The standard InChI is InChI=1S/C14H17N3O.ClH/c18-14(9-15-8-10-4-5-10)17-13-3-1-2-12-11(13)6-7-16-12;/h1-3,6-7,10,15-16H,4-5,8-9H2,(H,17,18);1H. The van der Waals surface area contributed by atoms with Crippen molar-refractivity contribution in [3.8, 4) is 0 Å². The van der Waals surface area contributed by atoms with E-state index in [1.54, 1.807) is 0 Å². The smallest absolute Gasteiger partial charge is 0.238 e. The molecule has 3 N–H and O–H groups in total. The van der Waals surface area contributed by atoms with Crippen LogP contribution in [0.5, 0.6) is 0 Å². The van der Waals surface area contributed by atoms with Crippen LogP contribution in [0.3, 0.4) is 0 Å². The van der Waals surface area contributed by atoms with Crippen LogP contribution in [0.25, 0.3) is 10.9 Å². The first-order chi connectivity index (χ1) is 8.83. The maximum Gasteiger partial charge on any atom is 0.238 e. The SMILES string of the molecule is Cl.O=C(CNCC1CC1)Nc1cccc2[nH]ccc12. The number of anilines is 1. The first-order valence-electron chi connectivity index (χ1n) is 6.39. The second-order valence-corrected chi connectivity index (χ2v) is 4.87. The quantitative estimate of drug-likeness (QED) is 0.788. The lowest BCUT2D eigenvalue weighted by atomic mass is 10.2. The highest BCUT2D eigenvalue weighted by atomic mass is 35.5. The van der Waals surface area contributed by atoms with E-state index in [-0.39, 0.29) is 18.3 Å². The van der Waals surface area contributed by atoms with E-state index in [9.17, 15) is 4.79 Å². The zero-order valence-electron chi connectivity index (χ0n) is 10.6. The number of carbonyl (C=O) groups excluding carboxylic acids is 1. The average molecular weight is 280 g/mol. The van der Waals surface area contributed by atoms with Crippen molar-refractivity contribution in [2.75, 3.05) is 18.4 Å². The van der Waals surface area contributed by atoms with Gasteiger partial charge >= 0.3 is 0 Å². The minimum absolute atomic E-state index is 0. The number of amides is 1. The summed E-state index contributed by atoms with van der Waals surface area (Å²) in [6, 6.07) is 7.83. The van der Waals surface area contributed by atoms with Gasteiger partial charge in [0.15, 0.2) is 0 Å². The highest BCUT2D eigenvalue weighted by Gasteiger charge is 2.20. The minimum Gasteiger partial charge on any atom is -0.361 e. The summed E-state index contributed by atoms with van der Waals surface area (Å²) in [6.07, 6.45) is 4.49. The highest BCUT2D eigenvalue weighted by molar-refractivity contribution is 6.01. The topological polar surface area (TPSA) is 56.9 Å². The zero-order valence-corrected chi connectivity index (χ0v) is 11.4. The largest absolute Gasteiger partial charge is 0.361 e. The molecule has 5 heteroatoms. The molecule has 3 rings (SSSR count). The van der Waals surface area contributed by atoms with Gasteiger partial charge in [0.2, 0.25) is 5.91 Å². The molecule has 19 heavy (non-hydrogen) atoms. The van der Waals surface area contributed by atoms with Crippen molar-refractivity contribution in [2.45, 2.75) is 12.8 Å². The molecule has 1 aliphatic carbocycles. The fourth-order valence-corrected chi connectivity index (χ4v) is 2.10. The lowest BCUT2D eigenvalue weighted by molar-refractivity contribution is -0.115. The van der Waals surface area contributed by atoms with Crippen LogP contribution >= 0.6 is 12.4 Å². The van der Waals surface area contributed by atoms with Gasteiger partial charge in [-0.3, -0.25) is 4.79 Å². The van der Waals surface area contributed by atoms with Crippen LogP contribution in [0.2, 0.25) is 0 Å². The summed E-state index contributed by atoms with van der Waals surface area (Å²) in [7, 11) is 0. The monoisotopic (exact) mass is 279 g/mol. The number of hydrogen-bond donors (Lipinski definition) is 3. The van der Waals surface area contributed by atoms with Crippen LogP contribution in [0, 0.1) is 5.92 Å². The number of aromatic amines is 1. The Kier molecular flexibility index (Phi) is 4.45. The molecule has 0 aliphatic heterocycles. The third kappa shape index (κ3) is 3.49. The van der Waals surface area contributed by atoms with Crippen molar-refractivity contribution >= 4 is 34.9 Å². The van der Waals surface area contributed by atoms with Gasteiger partial charge in [0.25, 0.3) is 0 Å². The minimum atomic E-state index is 0. The molecule has 102 valence electrons. The zero-order chi connectivity index (χ0) is 12.4. The van der Waals surface area contributed by atoms with Crippen molar-refractivity contribution in [1.29, 1.82) is 0 Å². The van der Waals surface area contributed by atoms with E-state index in [2.05, 4.69) is 15.6 Å².